The maximum Gasteiger partial charge on any atom is 0.269 e. The molecule has 1 rings (SSSR count). The second-order valence-corrected chi connectivity index (χ2v) is 5.91. The fourth-order valence-electron chi connectivity index (χ4n) is 2.42. The number of hydrogen-bond donors (Lipinski definition) is 1. The van der Waals surface area contributed by atoms with Crippen molar-refractivity contribution in [3.05, 3.63) is 39.9 Å². The Labute approximate surface area is 183 Å². The molecule has 9 nitrogen and oxygen atoms in total. The van der Waals surface area contributed by atoms with Crippen LogP contribution in [0.15, 0.2) is 29.3 Å². The summed E-state index contributed by atoms with van der Waals surface area (Å²) in [6.45, 7) is 6.83. The van der Waals surface area contributed by atoms with E-state index in [9.17, 15) is 14.9 Å². The standard InChI is InChI=1S/C18H29N5O4.HI/c1-5-22(6-2)17(24)14-21(3)18(19-11-12-27-4)20-13-15-7-9-16(10-8-15)23(25)26;/h7-10H,5-6,11-14H2,1-4H3,(H,19,20);1H. The molecule has 158 valence electrons. The van der Waals surface area contributed by atoms with Crippen molar-refractivity contribution < 1.29 is 14.5 Å². The molecule has 0 radical (unpaired) electrons. The molecule has 0 atom stereocenters. The topological polar surface area (TPSA) is 100 Å². The normalized spacial score (nSPS) is 10.8. The molecule has 0 aliphatic carbocycles. The Morgan fingerprint density at radius 1 is 1.25 bits per heavy atom. The number of halogens is 1. The molecule has 1 aromatic rings. The molecule has 0 heterocycles. The van der Waals surface area contributed by atoms with E-state index in [0.717, 1.165) is 5.56 Å². The second kappa shape index (κ2) is 14.1. The Bertz CT molecular complexity index is 635. The van der Waals surface area contributed by atoms with Crippen LogP contribution in [0.25, 0.3) is 0 Å². The smallest absolute Gasteiger partial charge is 0.269 e. The van der Waals surface area contributed by atoms with Crippen molar-refractivity contribution in [1.29, 1.82) is 0 Å². The van der Waals surface area contributed by atoms with Crippen molar-refractivity contribution in [2.75, 3.05) is 46.9 Å². The number of methoxy groups -OCH3 is 1. The molecule has 10 heteroatoms. The fourth-order valence-corrected chi connectivity index (χ4v) is 2.42. The van der Waals surface area contributed by atoms with Gasteiger partial charge in [0.05, 0.1) is 24.6 Å². The number of benzene rings is 1. The van der Waals surface area contributed by atoms with E-state index in [0.29, 0.717) is 38.7 Å². The summed E-state index contributed by atoms with van der Waals surface area (Å²) in [4.78, 5) is 30.7. The van der Waals surface area contributed by atoms with Gasteiger partial charge in [-0.2, -0.15) is 0 Å². The van der Waals surface area contributed by atoms with Gasteiger partial charge < -0.3 is 19.9 Å². The first-order valence-corrected chi connectivity index (χ1v) is 8.92. The number of amides is 1. The molecule has 0 spiro atoms. The Morgan fingerprint density at radius 3 is 2.36 bits per heavy atom. The first kappa shape index (κ1) is 26.1. The summed E-state index contributed by atoms with van der Waals surface area (Å²) in [7, 11) is 3.42. The zero-order chi connectivity index (χ0) is 20.2. The quantitative estimate of drug-likeness (QED) is 0.130. The average Bonchev–Trinajstić information content (AvgIpc) is 2.65. The number of guanidine groups is 1. The number of nitro groups is 1. The summed E-state index contributed by atoms with van der Waals surface area (Å²) in [5.41, 5.74) is 0.887. The lowest BCUT2D eigenvalue weighted by molar-refractivity contribution is -0.384. The highest BCUT2D eigenvalue weighted by Crippen LogP contribution is 2.12. The van der Waals surface area contributed by atoms with Gasteiger partial charge in [-0.25, -0.2) is 4.99 Å². The third-order valence-electron chi connectivity index (χ3n) is 4.00. The van der Waals surface area contributed by atoms with Gasteiger partial charge in [-0.1, -0.05) is 12.1 Å². The fraction of sp³-hybridized carbons (Fsp3) is 0.556. The highest BCUT2D eigenvalue weighted by Gasteiger charge is 2.15. The van der Waals surface area contributed by atoms with Gasteiger partial charge in [0, 0.05) is 45.9 Å². The van der Waals surface area contributed by atoms with Crippen LogP contribution in [0.4, 0.5) is 5.69 Å². The van der Waals surface area contributed by atoms with Gasteiger partial charge in [-0.3, -0.25) is 14.9 Å². The first-order chi connectivity index (χ1) is 12.9. The van der Waals surface area contributed by atoms with E-state index in [1.165, 1.54) is 12.1 Å². The number of non-ortho nitro benzene ring substituents is 1. The number of likely N-dealkylation sites (N-methyl/N-ethyl adjacent to an activating group) is 2. The molecule has 0 saturated heterocycles. The van der Waals surface area contributed by atoms with E-state index in [1.807, 2.05) is 13.8 Å². The van der Waals surface area contributed by atoms with E-state index in [1.54, 1.807) is 36.1 Å². The van der Waals surface area contributed by atoms with Crippen molar-refractivity contribution in [3.63, 3.8) is 0 Å². The van der Waals surface area contributed by atoms with E-state index >= 15 is 0 Å². The minimum absolute atomic E-state index is 0. The van der Waals surface area contributed by atoms with Crippen LogP contribution in [-0.2, 0) is 16.1 Å². The monoisotopic (exact) mass is 507 g/mol. The lowest BCUT2D eigenvalue weighted by atomic mass is 10.2. The van der Waals surface area contributed by atoms with Gasteiger partial charge in [0.1, 0.15) is 0 Å². The van der Waals surface area contributed by atoms with Gasteiger partial charge in [0.25, 0.3) is 5.69 Å². The molecule has 1 amide bonds. The van der Waals surface area contributed by atoms with Crippen LogP contribution in [-0.4, -0.2) is 73.5 Å². The van der Waals surface area contributed by atoms with Gasteiger partial charge in [-0.15, -0.1) is 24.0 Å². The molecule has 1 aromatic carbocycles. The highest BCUT2D eigenvalue weighted by molar-refractivity contribution is 14.0. The van der Waals surface area contributed by atoms with Crippen LogP contribution in [0.1, 0.15) is 19.4 Å². The molecule has 0 aliphatic rings. The Balaban J connectivity index is 0.00000729. The molecule has 0 saturated carbocycles. The lowest BCUT2D eigenvalue weighted by Gasteiger charge is -2.26. The third kappa shape index (κ3) is 8.83. The maximum atomic E-state index is 12.3. The molecule has 0 aromatic heterocycles. The van der Waals surface area contributed by atoms with Gasteiger partial charge in [0.15, 0.2) is 5.96 Å². The number of carbonyl (C=O) groups is 1. The van der Waals surface area contributed by atoms with Crippen LogP contribution < -0.4 is 5.32 Å². The summed E-state index contributed by atoms with van der Waals surface area (Å²) >= 11 is 0. The second-order valence-electron chi connectivity index (χ2n) is 5.91. The average molecular weight is 507 g/mol. The molecule has 0 unspecified atom stereocenters. The molecular weight excluding hydrogens is 477 g/mol. The Hall–Kier alpha value is -1.95. The zero-order valence-electron chi connectivity index (χ0n) is 16.9. The highest BCUT2D eigenvalue weighted by atomic mass is 127. The third-order valence-corrected chi connectivity index (χ3v) is 4.00. The molecule has 0 bridgehead atoms. The first-order valence-electron chi connectivity index (χ1n) is 8.92. The van der Waals surface area contributed by atoms with Crippen molar-refractivity contribution in [2.24, 2.45) is 4.99 Å². The van der Waals surface area contributed by atoms with E-state index in [4.69, 9.17) is 4.74 Å². The van der Waals surface area contributed by atoms with Crippen LogP contribution in [0.3, 0.4) is 0 Å². The number of nitro benzene ring substituents is 1. The molecule has 0 aliphatic heterocycles. The molecular formula is C18H30IN5O4. The van der Waals surface area contributed by atoms with Gasteiger partial charge >= 0.3 is 0 Å². The predicted octanol–water partition coefficient (Wildman–Crippen LogP) is 2.11. The van der Waals surface area contributed by atoms with Crippen LogP contribution in [0.2, 0.25) is 0 Å². The summed E-state index contributed by atoms with van der Waals surface area (Å²) in [5, 5.41) is 13.9. The molecule has 1 N–H and O–H groups in total. The maximum absolute atomic E-state index is 12.3. The predicted molar refractivity (Wildman–Crippen MR) is 120 cm³/mol. The summed E-state index contributed by atoms with van der Waals surface area (Å²) in [6, 6.07) is 6.26. The van der Waals surface area contributed by atoms with Crippen molar-refractivity contribution in [2.45, 2.75) is 20.4 Å². The van der Waals surface area contributed by atoms with E-state index in [-0.39, 0.29) is 42.1 Å². The van der Waals surface area contributed by atoms with Crippen LogP contribution >= 0.6 is 24.0 Å². The largest absolute Gasteiger partial charge is 0.383 e. The zero-order valence-corrected chi connectivity index (χ0v) is 19.2. The summed E-state index contributed by atoms with van der Waals surface area (Å²) in [6.07, 6.45) is 0. The lowest BCUT2D eigenvalue weighted by Crippen LogP contribution is -2.46. The number of nitrogens with one attached hydrogen (secondary N) is 1. The molecule has 0 fully saturated rings. The van der Waals surface area contributed by atoms with Crippen molar-refractivity contribution in [3.8, 4) is 0 Å². The number of carbonyl (C=O) groups excluding carboxylic acids is 1. The summed E-state index contributed by atoms with van der Waals surface area (Å²) < 4.78 is 5.05. The SMILES string of the molecule is CCN(CC)C(=O)CN(C)C(=NCc1ccc([N+](=O)[O-])cc1)NCCOC.I. The van der Waals surface area contributed by atoms with Gasteiger partial charge in [0.2, 0.25) is 5.91 Å². The number of nitrogens with zero attached hydrogens (tertiary/aromatic N) is 4. The van der Waals surface area contributed by atoms with Crippen molar-refractivity contribution >= 4 is 41.5 Å². The summed E-state index contributed by atoms with van der Waals surface area (Å²) in [5.74, 6) is 0.602. The molecule has 28 heavy (non-hydrogen) atoms. The Morgan fingerprint density at radius 2 is 1.86 bits per heavy atom. The number of aliphatic imine (C=N–C) groups is 1. The van der Waals surface area contributed by atoms with E-state index in [2.05, 4.69) is 10.3 Å². The minimum Gasteiger partial charge on any atom is -0.383 e. The van der Waals surface area contributed by atoms with Crippen LogP contribution in [0.5, 0.6) is 0 Å². The minimum atomic E-state index is -0.433. The Kier molecular flexibility index (Phi) is 13.1. The van der Waals surface area contributed by atoms with Gasteiger partial charge in [-0.05, 0) is 19.4 Å². The number of hydrogen-bond acceptors (Lipinski definition) is 5. The van der Waals surface area contributed by atoms with Crippen LogP contribution in [0, 0.1) is 10.1 Å². The van der Waals surface area contributed by atoms with Crippen molar-refractivity contribution in [1.82, 2.24) is 15.1 Å². The number of ether oxygens (including phenoxy) is 1. The van der Waals surface area contributed by atoms with E-state index < -0.39 is 4.92 Å². The number of rotatable bonds is 10.